The standard InChI is InChI=1S/C20H21N7O/c1-2-3-8-18-21-20(28)24-27(18)13-14-9-11-15(12-10-14)16-6-4-5-7-17(16)19-22-25-26-23-19/h4-7,9-12H,2-3,8,13H2,1H3,(H,24,28)(H,22,23,25,26). The van der Waals surface area contributed by atoms with E-state index in [0.717, 1.165) is 47.3 Å². The molecule has 0 fully saturated rings. The van der Waals surface area contributed by atoms with Gasteiger partial charge < -0.3 is 0 Å². The fourth-order valence-electron chi connectivity index (χ4n) is 3.22. The second-order valence-electron chi connectivity index (χ2n) is 6.61. The molecule has 0 radical (unpaired) electrons. The Morgan fingerprint density at radius 1 is 1.04 bits per heavy atom. The zero-order valence-corrected chi connectivity index (χ0v) is 15.6. The van der Waals surface area contributed by atoms with Crippen LogP contribution in [-0.2, 0) is 13.0 Å². The highest BCUT2D eigenvalue weighted by Crippen LogP contribution is 2.29. The number of aromatic nitrogens is 7. The van der Waals surface area contributed by atoms with Crippen LogP contribution in [0.15, 0.2) is 53.3 Å². The molecule has 0 aliphatic carbocycles. The molecule has 0 bridgehead atoms. The van der Waals surface area contributed by atoms with Gasteiger partial charge in [0, 0.05) is 12.0 Å². The minimum atomic E-state index is -0.295. The van der Waals surface area contributed by atoms with Gasteiger partial charge in [-0.1, -0.05) is 61.9 Å². The fraction of sp³-hybridized carbons (Fsp3) is 0.250. The molecule has 4 aromatic rings. The highest BCUT2D eigenvalue weighted by Gasteiger charge is 2.11. The zero-order valence-electron chi connectivity index (χ0n) is 15.6. The van der Waals surface area contributed by atoms with E-state index in [-0.39, 0.29) is 5.69 Å². The Morgan fingerprint density at radius 2 is 1.82 bits per heavy atom. The molecule has 8 nitrogen and oxygen atoms in total. The summed E-state index contributed by atoms with van der Waals surface area (Å²) < 4.78 is 1.83. The third-order valence-electron chi connectivity index (χ3n) is 4.65. The minimum absolute atomic E-state index is 0.295. The average Bonchev–Trinajstić information content (AvgIpc) is 3.37. The third-order valence-corrected chi connectivity index (χ3v) is 4.65. The van der Waals surface area contributed by atoms with Crippen molar-refractivity contribution >= 4 is 0 Å². The van der Waals surface area contributed by atoms with E-state index in [0.29, 0.717) is 12.4 Å². The second kappa shape index (κ2) is 7.99. The first-order chi connectivity index (χ1) is 13.7. The molecule has 2 aromatic heterocycles. The van der Waals surface area contributed by atoms with Crippen molar-refractivity contribution in [3.8, 4) is 22.5 Å². The molecule has 28 heavy (non-hydrogen) atoms. The van der Waals surface area contributed by atoms with Crippen molar-refractivity contribution in [1.82, 2.24) is 35.4 Å². The number of hydrogen-bond donors (Lipinski definition) is 2. The van der Waals surface area contributed by atoms with E-state index in [1.54, 1.807) is 0 Å². The summed E-state index contributed by atoms with van der Waals surface area (Å²) in [5.74, 6) is 1.37. The van der Waals surface area contributed by atoms with Crippen LogP contribution in [0, 0.1) is 0 Å². The van der Waals surface area contributed by atoms with Gasteiger partial charge in [-0.2, -0.15) is 10.2 Å². The van der Waals surface area contributed by atoms with E-state index in [1.165, 1.54) is 0 Å². The fourth-order valence-corrected chi connectivity index (χ4v) is 3.22. The predicted octanol–water partition coefficient (Wildman–Crippen LogP) is 2.81. The van der Waals surface area contributed by atoms with Crippen LogP contribution >= 0.6 is 0 Å². The van der Waals surface area contributed by atoms with Gasteiger partial charge in [-0.05, 0) is 28.3 Å². The highest BCUT2D eigenvalue weighted by molar-refractivity contribution is 5.80. The molecular formula is C20H21N7O. The molecule has 0 unspecified atom stereocenters. The van der Waals surface area contributed by atoms with Crippen LogP contribution in [0.4, 0.5) is 0 Å². The lowest BCUT2D eigenvalue weighted by Gasteiger charge is -2.09. The van der Waals surface area contributed by atoms with Crippen molar-refractivity contribution < 1.29 is 0 Å². The van der Waals surface area contributed by atoms with Crippen molar-refractivity contribution in [3.05, 3.63) is 70.4 Å². The smallest absolute Gasteiger partial charge is 0.266 e. The minimum Gasteiger partial charge on any atom is -0.266 e. The SMILES string of the molecule is CCCCc1nc(=O)[nH]n1Cc1ccc(-c2ccccc2-c2nn[nH]n2)cc1. The first-order valence-electron chi connectivity index (χ1n) is 9.32. The Labute approximate surface area is 161 Å². The van der Waals surface area contributed by atoms with E-state index in [9.17, 15) is 4.79 Å². The van der Waals surface area contributed by atoms with Gasteiger partial charge in [-0.3, -0.25) is 4.68 Å². The van der Waals surface area contributed by atoms with Crippen molar-refractivity contribution in [1.29, 1.82) is 0 Å². The predicted molar refractivity (Wildman–Crippen MR) is 106 cm³/mol. The number of unbranched alkanes of at least 4 members (excludes halogenated alkanes) is 1. The largest absolute Gasteiger partial charge is 0.361 e. The van der Waals surface area contributed by atoms with Gasteiger partial charge in [0.05, 0.1) is 6.54 Å². The number of benzene rings is 2. The number of rotatable bonds is 7. The first kappa shape index (κ1) is 17.8. The Balaban J connectivity index is 1.59. The number of H-pyrrole nitrogens is 2. The van der Waals surface area contributed by atoms with Crippen molar-refractivity contribution in [3.63, 3.8) is 0 Å². The summed E-state index contributed by atoms with van der Waals surface area (Å²) in [6.45, 7) is 2.71. The monoisotopic (exact) mass is 375 g/mol. The maximum atomic E-state index is 11.6. The Kier molecular flexibility index (Phi) is 5.09. The number of nitrogens with one attached hydrogen (secondary N) is 2. The average molecular weight is 375 g/mol. The summed E-state index contributed by atoms with van der Waals surface area (Å²) >= 11 is 0. The number of nitrogens with zero attached hydrogens (tertiary/aromatic N) is 5. The summed E-state index contributed by atoms with van der Waals surface area (Å²) in [6.07, 6.45) is 2.87. The lowest BCUT2D eigenvalue weighted by Crippen LogP contribution is -2.09. The lowest BCUT2D eigenvalue weighted by molar-refractivity contribution is 0.616. The molecule has 2 N–H and O–H groups in total. The number of aromatic amines is 2. The molecule has 8 heteroatoms. The number of aryl methyl sites for hydroxylation is 1. The van der Waals surface area contributed by atoms with Crippen LogP contribution in [0.5, 0.6) is 0 Å². The van der Waals surface area contributed by atoms with Gasteiger partial charge in [0.1, 0.15) is 5.82 Å². The summed E-state index contributed by atoms with van der Waals surface area (Å²) in [6, 6.07) is 16.2. The lowest BCUT2D eigenvalue weighted by atomic mass is 9.98. The number of tetrazole rings is 1. The molecule has 0 aliphatic rings. The Bertz CT molecular complexity index is 1090. The van der Waals surface area contributed by atoms with Crippen LogP contribution in [0.1, 0.15) is 31.2 Å². The molecule has 0 saturated carbocycles. The Hall–Kier alpha value is -3.55. The van der Waals surface area contributed by atoms with E-state index >= 15 is 0 Å². The van der Waals surface area contributed by atoms with Crippen molar-refractivity contribution in [2.75, 3.05) is 0 Å². The van der Waals surface area contributed by atoms with Gasteiger partial charge in [-0.15, -0.1) is 10.2 Å². The molecule has 142 valence electrons. The van der Waals surface area contributed by atoms with Gasteiger partial charge in [-0.25, -0.2) is 9.89 Å². The summed E-state index contributed by atoms with van der Waals surface area (Å²) in [4.78, 5) is 15.7. The van der Waals surface area contributed by atoms with Gasteiger partial charge >= 0.3 is 5.69 Å². The van der Waals surface area contributed by atoms with Crippen molar-refractivity contribution in [2.24, 2.45) is 0 Å². The topological polar surface area (TPSA) is 105 Å². The van der Waals surface area contributed by atoms with Gasteiger partial charge in [0.25, 0.3) is 0 Å². The van der Waals surface area contributed by atoms with Crippen molar-refractivity contribution in [2.45, 2.75) is 32.7 Å². The first-order valence-corrected chi connectivity index (χ1v) is 9.32. The molecule has 0 spiro atoms. The summed E-state index contributed by atoms with van der Waals surface area (Å²) in [5.41, 5.74) is 3.82. The maximum Gasteiger partial charge on any atom is 0.361 e. The van der Waals surface area contributed by atoms with Crippen LogP contribution < -0.4 is 5.69 Å². The maximum absolute atomic E-state index is 11.6. The molecule has 0 atom stereocenters. The van der Waals surface area contributed by atoms with E-state index in [1.807, 2.05) is 28.9 Å². The molecule has 0 aliphatic heterocycles. The molecule has 0 amide bonds. The summed E-state index contributed by atoms with van der Waals surface area (Å²) in [7, 11) is 0. The normalized spacial score (nSPS) is 11.0. The molecule has 2 aromatic carbocycles. The van der Waals surface area contributed by atoms with Gasteiger partial charge in [0.15, 0.2) is 0 Å². The Morgan fingerprint density at radius 3 is 2.54 bits per heavy atom. The quantitative estimate of drug-likeness (QED) is 0.517. The summed E-state index contributed by atoms with van der Waals surface area (Å²) in [5, 5.41) is 17.1. The highest BCUT2D eigenvalue weighted by atomic mass is 16.1. The molecule has 4 rings (SSSR count). The van der Waals surface area contributed by atoms with Crippen LogP contribution in [-0.4, -0.2) is 35.4 Å². The van der Waals surface area contributed by atoms with Crippen LogP contribution in [0.25, 0.3) is 22.5 Å². The number of hydrogen-bond acceptors (Lipinski definition) is 5. The molecule has 2 heterocycles. The van der Waals surface area contributed by atoms with Gasteiger partial charge in [0.2, 0.25) is 5.82 Å². The third kappa shape index (κ3) is 3.75. The molecular weight excluding hydrogens is 354 g/mol. The van der Waals surface area contributed by atoms with Crippen LogP contribution in [0.3, 0.4) is 0 Å². The second-order valence-corrected chi connectivity index (χ2v) is 6.61. The zero-order chi connectivity index (χ0) is 19.3. The molecule has 0 saturated heterocycles. The van der Waals surface area contributed by atoms with E-state index in [2.05, 4.69) is 61.9 Å². The van der Waals surface area contributed by atoms with Crippen LogP contribution in [0.2, 0.25) is 0 Å². The van der Waals surface area contributed by atoms with E-state index in [4.69, 9.17) is 0 Å². The van der Waals surface area contributed by atoms with E-state index < -0.39 is 0 Å².